The average molecular weight is 519 g/mol. The molecule has 1 aromatic heterocycles. The van der Waals surface area contributed by atoms with Gasteiger partial charge in [-0.25, -0.2) is 0 Å². The average Bonchev–Trinajstić information content (AvgIpc) is 3.37. The Morgan fingerprint density at radius 1 is 1.16 bits per heavy atom. The highest BCUT2D eigenvalue weighted by Gasteiger charge is 2.39. The molecule has 2 aromatic carbocycles. The van der Waals surface area contributed by atoms with E-state index in [1.165, 1.54) is 11.8 Å². The Bertz CT molecular complexity index is 1240. The topological polar surface area (TPSA) is 107 Å². The number of rotatable bonds is 12. The molecule has 9 heteroatoms. The van der Waals surface area contributed by atoms with E-state index in [0.717, 1.165) is 23.2 Å². The van der Waals surface area contributed by atoms with E-state index in [0.29, 0.717) is 12.2 Å². The number of carbonyl (C=O) groups is 2. The van der Waals surface area contributed by atoms with Crippen LogP contribution in [0.25, 0.3) is 0 Å². The summed E-state index contributed by atoms with van der Waals surface area (Å²) < 4.78 is 12.8. The first-order valence-corrected chi connectivity index (χ1v) is 12.8. The zero-order chi connectivity index (χ0) is 27.1. The lowest BCUT2D eigenvalue weighted by atomic mass is 9.96. The molecule has 1 aliphatic rings. The summed E-state index contributed by atoms with van der Waals surface area (Å²) in [6.07, 6.45) is 6.39. The number of hydrogen-bond donors (Lipinski definition) is 1. The first kappa shape index (κ1) is 27.2. The van der Waals surface area contributed by atoms with Crippen molar-refractivity contribution in [1.82, 2.24) is 15.0 Å². The number of allylic oxidation sites excluding steroid dienone is 1. The molecule has 3 aromatic rings. The van der Waals surface area contributed by atoms with Crippen LogP contribution in [-0.4, -0.2) is 51.9 Å². The van der Waals surface area contributed by atoms with Crippen molar-refractivity contribution in [3.8, 4) is 0 Å². The summed E-state index contributed by atoms with van der Waals surface area (Å²) in [5, 5.41) is 18.4. The van der Waals surface area contributed by atoms with Gasteiger partial charge in [-0.2, -0.15) is 0 Å². The van der Waals surface area contributed by atoms with Crippen LogP contribution in [-0.2, 0) is 25.6 Å². The van der Waals surface area contributed by atoms with Crippen molar-refractivity contribution in [1.29, 1.82) is 0 Å². The summed E-state index contributed by atoms with van der Waals surface area (Å²) in [6.45, 7) is 4.07. The monoisotopic (exact) mass is 518 g/mol. The molecular weight excluding hydrogens is 484 g/mol. The molecular formula is C29H34N4O5. The van der Waals surface area contributed by atoms with Crippen LogP contribution in [0.15, 0.2) is 72.9 Å². The predicted octanol–water partition coefficient (Wildman–Crippen LogP) is 4.00. The zero-order valence-corrected chi connectivity index (χ0v) is 21.9. The third-order valence-corrected chi connectivity index (χ3v) is 6.70. The Kier molecular flexibility index (Phi) is 9.04. The quantitative estimate of drug-likeness (QED) is 0.219. The number of aryl methyl sites for hydroxylation is 1. The molecule has 0 radical (unpaired) electrons. The first-order chi connectivity index (χ1) is 18.4. The number of nitrogens with zero attached hydrogens (tertiary/aromatic N) is 4. The van der Waals surface area contributed by atoms with Crippen molar-refractivity contribution in [2.75, 3.05) is 18.6 Å². The SMILES string of the molecule is CO[C@@H](c1ccc(N2C(=O)CC2OC(C)=O)cc1)[C@@H](C)/C=C/CCn1cc(C(CO)c2ccccc2)nn1. The minimum atomic E-state index is -0.542. The number of carbonyl (C=O) groups excluding carboxylic acids is 2. The van der Waals surface area contributed by atoms with Gasteiger partial charge < -0.3 is 14.6 Å². The minimum Gasteiger partial charge on any atom is -0.441 e. The summed E-state index contributed by atoms with van der Waals surface area (Å²) in [6, 6.07) is 17.4. The molecule has 1 fully saturated rings. The number of amides is 1. The second-order valence-corrected chi connectivity index (χ2v) is 9.41. The fourth-order valence-electron chi connectivity index (χ4n) is 4.72. The number of ether oxygens (including phenoxy) is 2. The van der Waals surface area contributed by atoms with E-state index < -0.39 is 12.2 Å². The highest BCUT2D eigenvalue weighted by molar-refractivity contribution is 6.00. The molecule has 1 saturated heterocycles. The molecule has 0 saturated carbocycles. The van der Waals surface area contributed by atoms with Gasteiger partial charge in [0, 0.05) is 38.4 Å². The molecule has 0 spiro atoms. The van der Waals surface area contributed by atoms with E-state index >= 15 is 0 Å². The van der Waals surface area contributed by atoms with Crippen LogP contribution >= 0.6 is 0 Å². The molecule has 2 heterocycles. The lowest BCUT2D eigenvalue weighted by Gasteiger charge is -2.39. The van der Waals surface area contributed by atoms with Crippen molar-refractivity contribution >= 4 is 17.6 Å². The van der Waals surface area contributed by atoms with Gasteiger partial charge in [0.25, 0.3) is 0 Å². The maximum Gasteiger partial charge on any atom is 0.304 e. The van der Waals surface area contributed by atoms with E-state index in [4.69, 9.17) is 9.47 Å². The molecule has 0 bridgehead atoms. The van der Waals surface area contributed by atoms with Crippen LogP contribution in [0.5, 0.6) is 0 Å². The minimum absolute atomic E-state index is 0.0272. The van der Waals surface area contributed by atoms with Gasteiger partial charge in [0.2, 0.25) is 5.91 Å². The van der Waals surface area contributed by atoms with Gasteiger partial charge in [0.05, 0.1) is 30.7 Å². The summed E-state index contributed by atoms with van der Waals surface area (Å²) in [5.41, 5.74) is 3.44. The Balaban J connectivity index is 1.32. The second-order valence-electron chi connectivity index (χ2n) is 9.41. The van der Waals surface area contributed by atoms with Crippen molar-refractivity contribution in [2.45, 2.75) is 51.5 Å². The summed E-state index contributed by atoms with van der Waals surface area (Å²) in [7, 11) is 1.68. The number of methoxy groups -OCH3 is 1. The summed E-state index contributed by atoms with van der Waals surface area (Å²) in [5.74, 6) is -0.570. The molecule has 4 atom stereocenters. The maximum absolute atomic E-state index is 12.0. The Hall–Kier alpha value is -3.82. The lowest BCUT2D eigenvalue weighted by Crippen LogP contribution is -2.54. The number of aliphatic hydroxyl groups excluding tert-OH is 1. The molecule has 38 heavy (non-hydrogen) atoms. The number of aliphatic hydroxyl groups is 1. The number of benzene rings is 2. The third kappa shape index (κ3) is 6.35. The number of aromatic nitrogens is 3. The number of anilines is 1. The Morgan fingerprint density at radius 2 is 1.89 bits per heavy atom. The molecule has 9 nitrogen and oxygen atoms in total. The molecule has 1 aliphatic heterocycles. The molecule has 4 rings (SSSR count). The van der Waals surface area contributed by atoms with Gasteiger partial charge >= 0.3 is 5.97 Å². The van der Waals surface area contributed by atoms with Gasteiger partial charge in [-0.15, -0.1) is 5.10 Å². The van der Waals surface area contributed by atoms with E-state index in [1.807, 2.05) is 60.8 Å². The smallest absolute Gasteiger partial charge is 0.304 e. The second kappa shape index (κ2) is 12.6. The van der Waals surface area contributed by atoms with Crippen LogP contribution in [0.3, 0.4) is 0 Å². The maximum atomic E-state index is 12.0. The van der Waals surface area contributed by atoms with Crippen LogP contribution in [0.2, 0.25) is 0 Å². The standard InChI is InChI=1S/C29H34N4O5/c1-20(9-7-8-16-32-18-26(30-31-32)25(19-34)22-10-5-4-6-11-22)29(37-3)23-12-14-24(15-13-23)33-27(36)17-28(33)38-21(2)35/h4-7,9-15,18,20,25,28-29,34H,8,16-17,19H2,1-3H3/b9-7+/t20-,25?,28?,29+/m0/s1. The fraction of sp³-hybridized carbons (Fsp3) is 0.379. The molecule has 2 unspecified atom stereocenters. The molecule has 0 aliphatic carbocycles. The fourth-order valence-corrected chi connectivity index (χ4v) is 4.72. The van der Waals surface area contributed by atoms with Crippen molar-refractivity contribution < 1.29 is 24.2 Å². The van der Waals surface area contributed by atoms with Crippen molar-refractivity contribution in [3.63, 3.8) is 0 Å². The first-order valence-electron chi connectivity index (χ1n) is 12.8. The van der Waals surface area contributed by atoms with Gasteiger partial charge in [0.15, 0.2) is 6.23 Å². The highest BCUT2D eigenvalue weighted by Crippen LogP contribution is 2.32. The van der Waals surface area contributed by atoms with E-state index in [1.54, 1.807) is 11.8 Å². The van der Waals surface area contributed by atoms with Gasteiger partial charge in [-0.1, -0.05) is 66.8 Å². The van der Waals surface area contributed by atoms with Gasteiger partial charge in [-0.05, 0) is 29.7 Å². The lowest BCUT2D eigenvalue weighted by molar-refractivity contribution is -0.153. The van der Waals surface area contributed by atoms with Gasteiger partial charge in [0.1, 0.15) is 0 Å². The predicted molar refractivity (Wildman–Crippen MR) is 142 cm³/mol. The Labute approximate surface area is 222 Å². The van der Waals surface area contributed by atoms with Crippen molar-refractivity contribution in [2.24, 2.45) is 5.92 Å². The van der Waals surface area contributed by atoms with Crippen LogP contribution < -0.4 is 4.90 Å². The normalized spacial score (nSPS) is 17.7. The summed E-state index contributed by atoms with van der Waals surface area (Å²) in [4.78, 5) is 24.8. The highest BCUT2D eigenvalue weighted by atomic mass is 16.6. The molecule has 1 N–H and O–H groups in total. The van der Waals surface area contributed by atoms with E-state index in [9.17, 15) is 14.7 Å². The largest absolute Gasteiger partial charge is 0.441 e. The van der Waals surface area contributed by atoms with Crippen LogP contribution in [0.4, 0.5) is 5.69 Å². The number of esters is 1. The van der Waals surface area contributed by atoms with Crippen LogP contribution in [0.1, 0.15) is 55.5 Å². The van der Waals surface area contributed by atoms with E-state index in [2.05, 4.69) is 29.4 Å². The van der Waals surface area contributed by atoms with Crippen LogP contribution in [0, 0.1) is 5.92 Å². The van der Waals surface area contributed by atoms with Gasteiger partial charge in [-0.3, -0.25) is 19.2 Å². The molecule has 200 valence electrons. The number of β-lactam (4-membered cyclic amide) rings is 1. The summed E-state index contributed by atoms with van der Waals surface area (Å²) >= 11 is 0. The van der Waals surface area contributed by atoms with Crippen molar-refractivity contribution in [3.05, 3.63) is 89.8 Å². The zero-order valence-electron chi connectivity index (χ0n) is 21.9. The Morgan fingerprint density at radius 3 is 2.53 bits per heavy atom. The number of hydrogen-bond acceptors (Lipinski definition) is 7. The molecule has 1 amide bonds. The van der Waals surface area contributed by atoms with E-state index in [-0.39, 0.29) is 36.9 Å². The third-order valence-electron chi connectivity index (χ3n) is 6.70.